The smallest absolute Gasteiger partial charge is 0.272 e. The number of hydrogen-bond acceptors (Lipinski definition) is 7. The summed E-state index contributed by atoms with van der Waals surface area (Å²) in [4.78, 5) is 30.1. The van der Waals surface area contributed by atoms with Gasteiger partial charge < -0.3 is 11.1 Å². The number of anilines is 1. The van der Waals surface area contributed by atoms with Gasteiger partial charge >= 0.3 is 0 Å². The van der Waals surface area contributed by atoms with E-state index in [2.05, 4.69) is 20.4 Å². The van der Waals surface area contributed by atoms with E-state index in [0.29, 0.717) is 12.2 Å². The van der Waals surface area contributed by atoms with Gasteiger partial charge in [0.15, 0.2) is 0 Å². The van der Waals surface area contributed by atoms with Crippen molar-refractivity contribution < 1.29 is 14.1 Å². The minimum Gasteiger partial charge on any atom is -0.365 e. The zero-order valence-electron chi connectivity index (χ0n) is 14.8. The van der Waals surface area contributed by atoms with E-state index in [1.165, 1.54) is 18.3 Å². The summed E-state index contributed by atoms with van der Waals surface area (Å²) in [6.07, 6.45) is 5.17. The van der Waals surface area contributed by atoms with E-state index >= 15 is 0 Å². The summed E-state index contributed by atoms with van der Waals surface area (Å²) in [5.41, 5.74) is 6.11. The summed E-state index contributed by atoms with van der Waals surface area (Å²) in [6.45, 7) is -0.0482. The van der Waals surface area contributed by atoms with Gasteiger partial charge in [0, 0.05) is 44.0 Å². The molecule has 144 valence electrons. The lowest BCUT2D eigenvalue weighted by molar-refractivity contribution is -0.385. The molecule has 0 aliphatic carbocycles. The number of amides is 1. The molecule has 10 nitrogen and oxygen atoms in total. The second kappa shape index (κ2) is 7.78. The number of nitrogens with one attached hydrogen (secondary N) is 1. The van der Waals surface area contributed by atoms with Crippen molar-refractivity contribution in [2.75, 3.05) is 5.32 Å². The fourth-order valence-corrected chi connectivity index (χ4v) is 2.54. The molecule has 28 heavy (non-hydrogen) atoms. The van der Waals surface area contributed by atoms with Gasteiger partial charge in [0.1, 0.15) is 17.5 Å². The van der Waals surface area contributed by atoms with Crippen LogP contribution in [0, 0.1) is 15.9 Å². The molecular weight excluding hydrogens is 369 g/mol. The summed E-state index contributed by atoms with van der Waals surface area (Å²) < 4.78 is 15.7. The normalized spacial score (nSPS) is 10.6. The minimum absolute atomic E-state index is 0.0482. The second-order valence-corrected chi connectivity index (χ2v) is 6.00. The van der Waals surface area contributed by atoms with Crippen LogP contribution in [0.25, 0.3) is 0 Å². The van der Waals surface area contributed by atoms with Gasteiger partial charge in [0.25, 0.3) is 11.6 Å². The summed E-state index contributed by atoms with van der Waals surface area (Å²) in [5, 5.41) is 17.6. The Morgan fingerprint density at radius 2 is 2.18 bits per heavy atom. The number of nitrogens with two attached hydrogens (primary N) is 1. The molecule has 2 aromatic heterocycles. The molecule has 0 atom stereocenters. The maximum atomic E-state index is 14.1. The van der Waals surface area contributed by atoms with Crippen LogP contribution in [0.1, 0.15) is 27.3 Å². The van der Waals surface area contributed by atoms with Gasteiger partial charge in [0.05, 0.1) is 22.7 Å². The number of halogens is 1. The molecule has 11 heteroatoms. The molecule has 3 N–H and O–H groups in total. The van der Waals surface area contributed by atoms with Crippen molar-refractivity contribution in [3.63, 3.8) is 0 Å². The lowest BCUT2D eigenvalue weighted by atomic mass is 10.2. The highest BCUT2D eigenvalue weighted by molar-refractivity contribution is 5.97. The average Bonchev–Trinajstić information content (AvgIpc) is 3.05. The number of aryl methyl sites for hydroxylation is 1. The van der Waals surface area contributed by atoms with Crippen molar-refractivity contribution in [1.82, 2.24) is 19.7 Å². The number of hydrogen-bond donors (Lipinski definition) is 2. The first-order chi connectivity index (χ1) is 13.3. The van der Waals surface area contributed by atoms with Gasteiger partial charge in [-0.3, -0.25) is 19.6 Å². The van der Waals surface area contributed by atoms with Crippen LogP contribution >= 0.6 is 0 Å². The van der Waals surface area contributed by atoms with Crippen LogP contribution in [0.5, 0.6) is 0 Å². The fraction of sp³-hybridized carbons (Fsp3) is 0.176. The van der Waals surface area contributed by atoms with Crippen LogP contribution in [0.4, 0.5) is 15.9 Å². The Hall–Kier alpha value is -3.89. The number of rotatable bonds is 7. The summed E-state index contributed by atoms with van der Waals surface area (Å²) in [5.74, 6) is -0.907. The Kier molecular flexibility index (Phi) is 5.25. The van der Waals surface area contributed by atoms with Gasteiger partial charge in [-0.25, -0.2) is 14.4 Å². The van der Waals surface area contributed by atoms with E-state index in [-0.39, 0.29) is 29.2 Å². The van der Waals surface area contributed by atoms with Crippen molar-refractivity contribution >= 4 is 17.4 Å². The van der Waals surface area contributed by atoms with E-state index in [1.54, 1.807) is 17.9 Å². The largest absolute Gasteiger partial charge is 0.365 e. The zero-order chi connectivity index (χ0) is 20.3. The number of aromatic nitrogens is 4. The van der Waals surface area contributed by atoms with Gasteiger partial charge in [-0.2, -0.15) is 5.10 Å². The molecule has 0 fully saturated rings. The molecule has 0 saturated carbocycles. The Balaban J connectivity index is 1.82. The fourth-order valence-electron chi connectivity index (χ4n) is 2.54. The first-order valence-corrected chi connectivity index (χ1v) is 8.13. The monoisotopic (exact) mass is 385 g/mol. The Labute approximate surface area is 158 Å². The molecule has 1 aromatic carbocycles. The van der Waals surface area contributed by atoms with Gasteiger partial charge in [-0.15, -0.1) is 0 Å². The Bertz CT molecular complexity index is 1050. The maximum Gasteiger partial charge on any atom is 0.272 e. The SMILES string of the molecule is Cn1cc(Cc2ncc(C(N)=O)c(NCc3ccc([N+](=O)[O-])cc3F)n2)cn1. The highest BCUT2D eigenvalue weighted by Crippen LogP contribution is 2.19. The molecule has 3 rings (SSSR count). The van der Waals surface area contributed by atoms with Gasteiger partial charge in [-0.1, -0.05) is 0 Å². The molecule has 1 amide bonds. The lowest BCUT2D eigenvalue weighted by Gasteiger charge is -2.11. The number of primary amides is 1. The first-order valence-electron chi connectivity index (χ1n) is 8.13. The van der Waals surface area contributed by atoms with E-state index in [4.69, 9.17) is 5.73 Å². The Morgan fingerprint density at radius 1 is 1.39 bits per heavy atom. The van der Waals surface area contributed by atoms with Crippen molar-refractivity contribution in [2.45, 2.75) is 13.0 Å². The van der Waals surface area contributed by atoms with Crippen LogP contribution in [0.15, 0.2) is 36.8 Å². The van der Waals surface area contributed by atoms with Gasteiger partial charge in [-0.05, 0) is 11.6 Å². The summed E-state index contributed by atoms with van der Waals surface area (Å²) in [7, 11) is 1.78. The number of nitrogens with zero attached hydrogens (tertiary/aromatic N) is 5. The van der Waals surface area contributed by atoms with E-state index < -0.39 is 16.6 Å². The number of nitro groups is 1. The van der Waals surface area contributed by atoms with Crippen LogP contribution in [0.3, 0.4) is 0 Å². The summed E-state index contributed by atoms with van der Waals surface area (Å²) >= 11 is 0. The minimum atomic E-state index is -0.744. The molecule has 3 aromatic rings. The highest BCUT2D eigenvalue weighted by atomic mass is 19.1. The maximum absolute atomic E-state index is 14.1. The Morgan fingerprint density at radius 3 is 2.79 bits per heavy atom. The van der Waals surface area contributed by atoms with Crippen molar-refractivity contribution in [3.05, 3.63) is 75.2 Å². The third-order valence-corrected chi connectivity index (χ3v) is 3.92. The van der Waals surface area contributed by atoms with Crippen molar-refractivity contribution in [2.24, 2.45) is 12.8 Å². The number of carbonyl (C=O) groups is 1. The number of carbonyl (C=O) groups excluding carboxylic acids is 1. The third-order valence-electron chi connectivity index (χ3n) is 3.92. The van der Waals surface area contributed by atoms with Gasteiger partial charge in [0.2, 0.25) is 0 Å². The molecule has 0 unspecified atom stereocenters. The van der Waals surface area contributed by atoms with Crippen molar-refractivity contribution in [1.29, 1.82) is 0 Å². The molecule has 0 bridgehead atoms. The second-order valence-electron chi connectivity index (χ2n) is 6.00. The van der Waals surface area contributed by atoms with E-state index in [9.17, 15) is 19.3 Å². The molecular formula is C17H16FN7O3. The first kappa shape index (κ1) is 18.9. The third kappa shape index (κ3) is 4.26. The molecule has 0 aliphatic heterocycles. The van der Waals surface area contributed by atoms with E-state index in [1.807, 2.05) is 6.20 Å². The summed E-state index contributed by atoms with van der Waals surface area (Å²) in [6, 6.07) is 3.32. The molecule has 0 saturated heterocycles. The predicted octanol–water partition coefficient (Wildman–Crippen LogP) is 1.56. The van der Waals surface area contributed by atoms with E-state index in [0.717, 1.165) is 11.6 Å². The van der Waals surface area contributed by atoms with Crippen molar-refractivity contribution in [3.8, 4) is 0 Å². The number of benzene rings is 1. The lowest BCUT2D eigenvalue weighted by Crippen LogP contribution is -2.17. The molecule has 0 aliphatic rings. The number of nitro benzene ring substituents is 1. The molecule has 0 radical (unpaired) electrons. The molecule has 0 spiro atoms. The van der Waals surface area contributed by atoms with Crippen LogP contribution in [-0.4, -0.2) is 30.6 Å². The van der Waals surface area contributed by atoms with Crippen LogP contribution in [0.2, 0.25) is 0 Å². The molecule has 2 heterocycles. The zero-order valence-corrected chi connectivity index (χ0v) is 14.8. The average molecular weight is 385 g/mol. The van der Waals surface area contributed by atoms with Crippen LogP contribution in [-0.2, 0) is 20.0 Å². The van der Waals surface area contributed by atoms with Crippen LogP contribution < -0.4 is 11.1 Å². The highest BCUT2D eigenvalue weighted by Gasteiger charge is 2.15. The predicted molar refractivity (Wildman–Crippen MR) is 96.9 cm³/mol. The quantitative estimate of drug-likeness (QED) is 0.464. The standard InChI is InChI=1S/C17H16FN7O3/c1-24-9-10(6-22-24)4-15-20-8-13(16(19)26)17(23-15)21-7-11-2-3-12(25(27)28)5-14(11)18/h2-3,5-6,8-9H,4,7H2,1H3,(H2,19,26)(H,20,21,23). The number of non-ortho nitro benzene ring substituents is 1. The topological polar surface area (TPSA) is 142 Å².